The lowest BCUT2D eigenvalue weighted by atomic mass is 10.1. The van der Waals surface area contributed by atoms with Gasteiger partial charge >= 0.3 is 0 Å². The van der Waals surface area contributed by atoms with Crippen LogP contribution in [0.25, 0.3) is 0 Å². The fourth-order valence-corrected chi connectivity index (χ4v) is 1.51. The van der Waals surface area contributed by atoms with E-state index in [0.29, 0.717) is 6.42 Å². The molecule has 14 heavy (non-hydrogen) atoms. The second-order valence-electron chi connectivity index (χ2n) is 2.91. The number of allylic oxidation sites excluding steroid dienone is 8. The fourth-order valence-electron chi connectivity index (χ4n) is 1.02. The molecule has 76 valence electrons. The summed E-state index contributed by atoms with van der Waals surface area (Å²) in [7, 11) is -3.86. The number of hydrogen-bond acceptors (Lipinski definition) is 2. The molecule has 3 nitrogen and oxygen atoms in total. The van der Waals surface area contributed by atoms with Gasteiger partial charge in [-0.3, -0.25) is 4.55 Å². The highest BCUT2D eigenvalue weighted by molar-refractivity contribution is 7.85. The van der Waals surface area contributed by atoms with Crippen LogP contribution in [0.4, 0.5) is 0 Å². The van der Waals surface area contributed by atoms with E-state index in [1.165, 1.54) is 0 Å². The average Bonchev–Trinajstić information content (AvgIpc) is 2.00. The highest BCUT2D eigenvalue weighted by Gasteiger charge is 2.04. The molecule has 0 unspecified atom stereocenters. The summed E-state index contributed by atoms with van der Waals surface area (Å²) in [6, 6.07) is 0. The summed E-state index contributed by atoms with van der Waals surface area (Å²) < 4.78 is 29.6. The van der Waals surface area contributed by atoms with Crippen molar-refractivity contribution in [2.24, 2.45) is 0 Å². The summed E-state index contributed by atoms with van der Waals surface area (Å²) in [5.74, 6) is -0.235. The van der Waals surface area contributed by atoms with Gasteiger partial charge in [-0.05, 0) is 12.0 Å². The molecule has 1 aliphatic carbocycles. The Morgan fingerprint density at radius 1 is 1.07 bits per heavy atom. The van der Waals surface area contributed by atoms with E-state index in [1.807, 2.05) is 42.5 Å². The Labute approximate surface area is 83.9 Å². The third kappa shape index (κ3) is 4.79. The maximum atomic E-state index is 10.5. The zero-order chi connectivity index (χ0) is 10.4. The lowest BCUT2D eigenvalue weighted by Gasteiger charge is -1.99. The Hall–Kier alpha value is -1.13. The molecule has 0 aromatic carbocycles. The molecule has 0 aromatic rings. The van der Waals surface area contributed by atoms with Crippen LogP contribution in [0.2, 0.25) is 0 Å². The van der Waals surface area contributed by atoms with Gasteiger partial charge in [0.15, 0.2) is 0 Å². The van der Waals surface area contributed by atoms with E-state index in [-0.39, 0.29) is 5.75 Å². The van der Waals surface area contributed by atoms with Crippen LogP contribution in [-0.2, 0) is 10.1 Å². The molecule has 0 fully saturated rings. The topological polar surface area (TPSA) is 54.4 Å². The lowest BCUT2D eigenvalue weighted by Crippen LogP contribution is -2.04. The minimum Gasteiger partial charge on any atom is -0.286 e. The van der Waals surface area contributed by atoms with Crippen molar-refractivity contribution in [1.29, 1.82) is 0 Å². The summed E-state index contributed by atoms with van der Waals surface area (Å²) in [5.41, 5.74) is 0.878. The number of rotatable bonds is 3. The smallest absolute Gasteiger partial charge is 0.265 e. The quantitative estimate of drug-likeness (QED) is 0.727. The first kappa shape index (κ1) is 10.9. The Kier molecular flexibility index (Phi) is 3.85. The monoisotopic (exact) mass is 212 g/mol. The Bertz CT molecular complexity index is 397. The van der Waals surface area contributed by atoms with Crippen molar-refractivity contribution in [2.75, 3.05) is 5.75 Å². The van der Waals surface area contributed by atoms with Gasteiger partial charge in [0.05, 0.1) is 5.75 Å². The first-order valence-corrected chi connectivity index (χ1v) is 5.84. The Balaban J connectivity index is 2.60. The molecule has 0 aliphatic heterocycles. The average molecular weight is 212 g/mol. The first-order chi connectivity index (χ1) is 6.58. The van der Waals surface area contributed by atoms with E-state index in [1.54, 1.807) is 0 Å². The van der Waals surface area contributed by atoms with Gasteiger partial charge in [-0.15, -0.1) is 0 Å². The largest absolute Gasteiger partial charge is 0.286 e. The predicted octanol–water partition coefficient (Wildman–Crippen LogP) is 1.87. The van der Waals surface area contributed by atoms with Crippen molar-refractivity contribution in [3.8, 4) is 0 Å². The van der Waals surface area contributed by atoms with Gasteiger partial charge in [-0.2, -0.15) is 8.42 Å². The molecular formula is C10H12O3S. The van der Waals surface area contributed by atoms with Crippen LogP contribution >= 0.6 is 0 Å². The zero-order valence-corrected chi connectivity index (χ0v) is 8.44. The maximum absolute atomic E-state index is 10.5. The van der Waals surface area contributed by atoms with Crippen molar-refractivity contribution in [3.05, 3.63) is 48.1 Å². The van der Waals surface area contributed by atoms with Gasteiger partial charge in [-0.1, -0.05) is 42.5 Å². The molecule has 0 bridgehead atoms. The summed E-state index contributed by atoms with van der Waals surface area (Å²) >= 11 is 0. The maximum Gasteiger partial charge on any atom is 0.265 e. The Morgan fingerprint density at radius 3 is 2.43 bits per heavy atom. The molecule has 0 heterocycles. The Morgan fingerprint density at radius 2 is 1.71 bits per heavy atom. The fraction of sp³-hybridized carbons (Fsp3) is 0.200. The van der Waals surface area contributed by atoms with Crippen LogP contribution in [0.5, 0.6) is 0 Å². The summed E-state index contributed by atoms with van der Waals surface area (Å²) in [4.78, 5) is 0. The van der Waals surface area contributed by atoms with Gasteiger partial charge in [0, 0.05) is 0 Å². The summed E-state index contributed by atoms with van der Waals surface area (Å²) in [6.45, 7) is 0. The van der Waals surface area contributed by atoms with Gasteiger partial charge in [0.2, 0.25) is 0 Å². The second-order valence-corrected chi connectivity index (χ2v) is 4.48. The van der Waals surface area contributed by atoms with Crippen LogP contribution < -0.4 is 0 Å². The summed E-state index contributed by atoms with van der Waals surface area (Å²) in [5, 5.41) is 0. The van der Waals surface area contributed by atoms with Crippen molar-refractivity contribution in [3.63, 3.8) is 0 Å². The third-order valence-electron chi connectivity index (χ3n) is 1.71. The van der Waals surface area contributed by atoms with Crippen molar-refractivity contribution < 1.29 is 13.0 Å². The molecule has 4 heteroatoms. The molecule has 0 amide bonds. The van der Waals surface area contributed by atoms with Gasteiger partial charge < -0.3 is 0 Å². The molecule has 1 rings (SSSR count). The van der Waals surface area contributed by atoms with Gasteiger partial charge in [-0.25, -0.2) is 0 Å². The molecule has 0 atom stereocenters. The van der Waals surface area contributed by atoms with Crippen LogP contribution in [0.3, 0.4) is 0 Å². The van der Waals surface area contributed by atoms with Crippen LogP contribution in [-0.4, -0.2) is 18.7 Å². The number of hydrogen-bond donors (Lipinski definition) is 1. The van der Waals surface area contributed by atoms with Crippen molar-refractivity contribution in [2.45, 2.75) is 6.42 Å². The van der Waals surface area contributed by atoms with Crippen molar-refractivity contribution in [1.82, 2.24) is 0 Å². The molecule has 0 spiro atoms. The highest BCUT2D eigenvalue weighted by Crippen LogP contribution is 2.07. The van der Waals surface area contributed by atoms with Crippen LogP contribution in [0, 0.1) is 0 Å². The van der Waals surface area contributed by atoms with Crippen LogP contribution in [0.15, 0.2) is 48.1 Å². The van der Waals surface area contributed by atoms with Crippen LogP contribution in [0.1, 0.15) is 6.42 Å². The molecule has 1 aliphatic rings. The minimum atomic E-state index is -3.86. The van der Waals surface area contributed by atoms with E-state index in [4.69, 9.17) is 4.55 Å². The van der Waals surface area contributed by atoms with E-state index < -0.39 is 10.1 Å². The molecule has 0 saturated carbocycles. The van der Waals surface area contributed by atoms with Gasteiger partial charge in [0.1, 0.15) is 0 Å². The first-order valence-electron chi connectivity index (χ1n) is 4.24. The molecule has 0 saturated heterocycles. The summed E-state index contributed by atoms with van der Waals surface area (Å²) in [6.07, 6.45) is 13.2. The van der Waals surface area contributed by atoms with Crippen molar-refractivity contribution >= 4 is 10.1 Å². The normalized spacial score (nSPS) is 26.8. The third-order valence-corrected chi connectivity index (χ3v) is 2.43. The zero-order valence-electron chi connectivity index (χ0n) is 7.63. The SMILES string of the molecule is O=S(=O)(O)CCC1=C/C=C\C=C/C=C\1. The highest BCUT2D eigenvalue weighted by atomic mass is 32.2. The lowest BCUT2D eigenvalue weighted by molar-refractivity contribution is 0.483. The van der Waals surface area contributed by atoms with E-state index >= 15 is 0 Å². The predicted molar refractivity (Wildman–Crippen MR) is 56.5 cm³/mol. The second kappa shape index (κ2) is 4.93. The van der Waals surface area contributed by atoms with Gasteiger partial charge in [0.25, 0.3) is 10.1 Å². The minimum absolute atomic E-state index is 0.235. The molecule has 1 N–H and O–H groups in total. The van der Waals surface area contributed by atoms with E-state index in [2.05, 4.69) is 0 Å². The molecule has 0 radical (unpaired) electrons. The molecular weight excluding hydrogens is 200 g/mol. The van der Waals surface area contributed by atoms with E-state index in [0.717, 1.165) is 5.57 Å². The standard InChI is InChI=1S/C10H12O3S/c11-14(12,13)9-8-10-6-4-2-1-3-5-7-10/h1-7H,8-9H2,(H,11,12,13)/b2-1-,3-1?,4-2?,5-3-,6-4-,7-5?,10-6?,10-7+. The molecule has 0 aromatic heterocycles. The van der Waals surface area contributed by atoms with E-state index in [9.17, 15) is 8.42 Å².